The number of piperidine rings is 1. The summed E-state index contributed by atoms with van der Waals surface area (Å²) in [6, 6.07) is 10.4. The van der Waals surface area contributed by atoms with E-state index in [-0.39, 0.29) is 11.9 Å². The topological polar surface area (TPSA) is 99.4 Å². The summed E-state index contributed by atoms with van der Waals surface area (Å²) in [4.78, 5) is 18.0. The first-order chi connectivity index (χ1) is 18.5. The molecule has 4 aromatic rings. The lowest BCUT2D eigenvalue weighted by Crippen LogP contribution is -2.37. The molecular weight excluding hydrogens is 478 g/mol. The quantitative estimate of drug-likeness (QED) is 0.335. The Labute approximate surface area is 222 Å². The first-order valence-electron chi connectivity index (χ1n) is 13.8. The average Bonchev–Trinajstić information content (AvgIpc) is 3.62. The van der Waals surface area contributed by atoms with Gasteiger partial charge in [-0.3, -0.25) is 9.48 Å². The highest BCUT2D eigenvalue weighted by Crippen LogP contribution is 2.38. The van der Waals surface area contributed by atoms with E-state index in [0.29, 0.717) is 17.3 Å². The fourth-order valence-electron chi connectivity index (χ4n) is 5.85. The van der Waals surface area contributed by atoms with Crippen LogP contribution < -0.4 is 10.5 Å². The molecule has 0 radical (unpaired) electrons. The summed E-state index contributed by atoms with van der Waals surface area (Å²) in [5.41, 5.74) is 9.65. The van der Waals surface area contributed by atoms with Gasteiger partial charge in [0.15, 0.2) is 11.4 Å². The van der Waals surface area contributed by atoms with E-state index in [2.05, 4.69) is 16.3 Å². The lowest BCUT2D eigenvalue weighted by Gasteiger charge is -2.31. The number of fused-ring (bicyclic) bond motifs is 1. The normalized spacial score (nSPS) is 17.2. The van der Waals surface area contributed by atoms with Crippen molar-refractivity contribution in [1.29, 1.82) is 0 Å². The number of nitrogens with zero attached hydrogens (tertiary/aromatic N) is 4. The molecule has 0 bridgehead atoms. The molecule has 8 heteroatoms. The summed E-state index contributed by atoms with van der Waals surface area (Å²) in [6.07, 6.45) is 14.0. The standard InChI is InChI=1S/C30H35N5O3/c1-20(36)34-12-10-24(11-13-34)35-18-23(16-33-35)27-17-32-30(31)29-26(27)15-28(38-29)22-8-5-9-25(14-22)37-19-21-6-3-2-4-7-21/h5,8-9,14-18,21,24H,2-4,6-7,10-13,19H2,1H3,(H2,31,32). The van der Waals surface area contributed by atoms with Crippen LogP contribution in [-0.4, -0.2) is 45.3 Å². The van der Waals surface area contributed by atoms with E-state index in [1.165, 1.54) is 32.1 Å². The van der Waals surface area contributed by atoms with Crippen LogP contribution in [0, 0.1) is 5.92 Å². The van der Waals surface area contributed by atoms with Crippen molar-refractivity contribution < 1.29 is 13.9 Å². The maximum absolute atomic E-state index is 11.7. The number of pyridine rings is 1. The first kappa shape index (κ1) is 24.5. The molecule has 2 fully saturated rings. The molecule has 2 aliphatic rings. The number of benzene rings is 1. The number of carbonyl (C=O) groups is 1. The zero-order chi connectivity index (χ0) is 26.1. The van der Waals surface area contributed by atoms with E-state index in [1.54, 1.807) is 13.1 Å². The fourth-order valence-corrected chi connectivity index (χ4v) is 5.85. The van der Waals surface area contributed by atoms with E-state index in [0.717, 1.165) is 66.1 Å². The van der Waals surface area contributed by atoms with Crippen LogP contribution in [0.5, 0.6) is 5.75 Å². The zero-order valence-electron chi connectivity index (χ0n) is 21.9. The maximum atomic E-state index is 11.7. The SMILES string of the molecule is CC(=O)N1CCC(n2cc(-c3cnc(N)c4oc(-c5cccc(OCC6CCCCC6)c5)cc34)cn2)CC1. The highest BCUT2D eigenvalue weighted by molar-refractivity contribution is 6.00. The Hall–Kier alpha value is -3.81. The largest absolute Gasteiger partial charge is 0.493 e. The van der Waals surface area contributed by atoms with Crippen LogP contribution in [0.3, 0.4) is 0 Å². The third-order valence-corrected chi connectivity index (χ3v) is 8.11. The Morgan fingerprint density at radius 2 is 1.89 bits per heavy atom. The molecule has 6 rings (SSSR count). The zero-order valence-corrected chi connectivity index (χ0v) is 21.9. The first-order valence-corrected chi connectivity index (χ1v) is 13.8. The summed E-state index contributed by atoms with van der Waals surface area (Å²) in [5, 5.41) is 5.57. The number of ether oxygens (including phenoxy) is 1. The third-order valence-electron chi connectivity index (χ3n) is 8.11. The van der Waals surface area contributed by atoms with Gasteiger partial charge in [0, 0.05) is 54.5 Å². The lowest BCUT2D eigenvalue weighted by atomic mass is 9.90. The van der Waals surface area contributed by atoms with Gasteiger partial charge in [0.1, 0.15) is 11.5 Å². The molecule has 1 saturated carbocycles. The molecule has 8 nitrogen and oxygen atoms in total. The van der Waals surface area contributed by atoms with Crippen LogP contribution in [0.1, 0.15) is 57.9 Å². The number of rotatable bonds is 6. The molecule has 38 heavy (non-hydrogen) atoms. The maximum Gasteiger partial charge on any atom is 0.219 e. The van der Waals surface area contributed by atoms with Gasteiger partial charge in [0.05, 0.1) is 18.8 Å². The minimum absolute atomic E-state index is 0.136. The number of nitrogen functional groups attached to an aromatic ring is 1. The van der Waals surface area contributed by atoms with Gasteiger partial charge in [-0.15, -0.1) is 0 Å². The van der Waals surface area contributed by atoms with Crippen LogP contribution in [0.4, 0.5) is 5.82 Å². The molecule has 1 saturated heterocycles. The average molecular weight is 514 g/mol. The van der Waals surface area contributed by atoms with E-state index >= 15 is 0 Å². The number of likely N-dealkylation sites (tertiary alicyclic amines) is 1. The Morgan fingerprint density at radius 3 is 2.68 bits per heavy atom. The lowest BCUT2D eigenvalue weighted by molar-refractivity contribution is -0.130. The van der Waals surface area contributed by atoms with Crippen molar-refractivity contribution in [1.82, 2.24) is 19.7 Å². The van der Waals surface area contributed by atoms with Gasteiger partial charge in [-0.2, -0.15) is 5.10 Å². The number of carbonyl (C=O) groups excluding carboxylic acids is 1. The summed E-state index contributed by atoms with van der Waals surface area (Å²) in [7, 11) is 0. The number of anilines is 1. The van der Waals surface area contributed by atoms with E-state index in [4.69, 9.17) is 14.9 Å². The van der Waals surface area contributed by atoms with Crippen molar-refractivity contribution >= 4 is 22.7 Å². The summed E-state index contributed by atoms with van der Waals surface area (Å²) < 4.78 is 14.4. The van der Waals surface area contributed by atoms with Crippen molar-refractivity contribution in [3.63, 3.8) is 0 Å². The Balaban J connectivity index is 1.24. The highest BCUT2D eigenvalue weighted by Gasteiger charge is 2.23. The molecule has 1 amide bonds. The number of hydrogen-bond acceptors (Lipinski definition) is 6. The Kier molecular flexibility index (Phi) is 6.79. The van der Waals surface area contributed by atoms with Crippen LogP contribution in [0.2, 0.25) is 0 Å². The molecule has 3 aromatic heterocycles. The Bertz CT molecular complexity index is 1430. The van der Waals surface area contributed by atoms with Crippen LogP contribution in [0.15, 0.2) is 53.3 Å². The number of furan rings is 1. The number of nitrogens with two attached hydrogens (primary N) is 1. The predicted molar refractivity (Wildman–Crippen MR) is 148 cm³/mol. The van der Waals surface area contributed by atoms with Crippen LogP contribution >= 0.6 is 0 Å². The van der Waals surface area contributed by atoms with E-state index in [1.807, 2.05) is 46.1 Å². The highest BCUT2D eigenvalue weighted by atomic mass is 16.5. The molecule has 198 valence electrons. The smallest absolute Gasteiger partial charge is 0.219 e. The second kappa shape index (κ2) is 10.5. The van der Waals surface area contributed by atoms with Gasteiger partial charge >= 0.3 is 0 Å². The van der Waals surface area contributed by atoms with E-state index in [9.17, 15) is 4.79 Å². The second-order valence-electron chi connectivity index (χ2n) is 10.7. The van der Waals surface area contributed by atoms with Gasteiger partial charge in [-0.25, -0.2) is 4.98 Å². The monoisotopic (exact) mass is 513 g/mol. The third kappa shape index (κ3) is 4.99. The van der Waals surface area contributed by atoms with Gasteiger partial charge < -0.3 is 19.8 Å². The van der Waals surface area contributed by atoms with Crippen molar-refractivity contribution in [2.45, 2.75) is 57.9 Å². The molecule has 1 aliphatic heterocycles. The molecule has 2 N–H and O–H groups in total. The van der Waals surface area contributed by atoms with E-state index < -0.39 is 0 Å². The molecule has 0 unspecified atom stereocenters. The number of aromatic nitrogens is 3. The number of hydrogen-bond donors (Lipinski definition) is 1. The fraction of sp³-hybridized carbons (Fsp3) is 0.433. The van der Waals surface area contributed by atoms with Crippen molar-refractivity contribution in [2.75, 3.05) is 25.4 Å². The minimum atomic E-state index is 0.136. The summed E-state index contributed by atoms with van der Waals surface area (Å²) in [6.45, 7) is 3.92. The predicted octanol–water partition coefficient (Wildman–Crippen LogP) is 6.08. The summed E-state index contributed by atoms with van der Waals surface area (Å²) in [5.74, 6) is 2.74. The van der Waals surface area contributed by atoms with Crippen LogP contribution in [0.25, 0.3) is 33.4 Å². The molecule has 1 aromatic carbocycles. The van der Waals surface area contributed by atoms with Gasteiger partial charge in [-0.05, 0) is 49.8 Å². The molecule has 4 heterocycles. The molecule has 1 aliphatic carbocycles. The second-order valence-corrected chi connectivity index (χ2v) is 10.7. The molecule has 0 spiro atoms. The molecule has 0 atom stereocenters. The van der Waals surface area contributed by atoms with Gasteiger partial charge in [0.2, 0.25) is 5.91 Å². The van der Waals surface area contributed by atoms with Crippen molar-refractivity contribution in [2.24, 2.45) is 5.92 Å². The molecular formula is C30H35N5O3. The van der Waals surface area contributed by atoms with Crippen LogP contribution in [-0.2, 0) is 4.79 Å². The van der Waals surface area contributed by atoms with Gasteiger partial charge in [0.25, 0.3) is 0 Å². The minimum Gasteiger partial charge on any atom is -0.493 e. The van der Waals surface area contributed by atoms with Crippen molar-refractivity contribution in [3.8, 4) is 28.2 Å². The number of amides is 1. The summed E-state index contributed by atoms with van der Waals surface area (Å²) >= 11 is 0. The van der Waals surface area contributed by atoms with Gasteiger partial charge in [-0.1, -0.05) is 31.4 Å². The van der Waals surface area contributed by atoms with Crippen molar-refractivity contribution in [3.05, 3.63) is 48.9 Å². The Morgan fingerprint density at radius 1 is 1.08 bits per heavy atom.